The van der Waals surface area contributed by atoms with Gasteiger partial charge in [-0.1, -0.05) is 200 Å². The zero-order valence-corrected chi connectivity index (χ0v) is 36.9. The summed E-state index contributed by atoms with van der Waals surface area (Å²) in [7, 11) is 0. The summed E-state index contributed by atoms with van der Waals surface area (Å²) in [5.41, 5.74) is 21.9. The van der Waals surface area contributed by atoms with Gasteiger partial charge >= 0.3 is 0 Å². The molecular weight excluding hydrogens is 809 g/mol. The fourth-order valence-corrected chi connectivity index (χ4v) is 10.8. The lowest BCUT2D eigenvalue weighted by atomic mass is 9.90. The molecule has 0 N–H and O–H groups in total. The number of para-hydroxylation sites is 4. The molecule has 314 valence electrons. The summed E-state index contributed by atoms with van der Waals surface area (Å²) < 4.78 is 2.45. The number of nitrogens with zero attached hydrogens (tertiary/aromatic N) is 2. The van der Waals surface area contributed by atoms with Crippen LogP contribution in [0.3, 0.4) is 0 Å². The monoisotopic (exact) mass is 852 g/mol. The lowest BCUT2D eigenvalue weighted by Gasteiger charge is -2.27. The molecule has 13 rings (SSSR count). The third kappa shape index (κ3) is 6.57. The summed E-state index contributed by atoms with van der Waals surface area (Å²) in [5.74, 6) is 0. The molecule has 1 heterocycles. The van der Waals surface area contributed by atoms with E-state index < -0.39 is 0 Å². The molecule has 0 bridgehead atoms. The van der Waals surface area contributed by atoms with Crippen molar-refractivity contribution in [3.05, 3.63) is 266 Å². The van der Waals surface area contributed by atoms with E-state index in [9.17, 15) is 0 Å². The number of aromatic nitrogens is 1. The quantitative estimate of drug-likeness (QED) is 0.148. The molecule has 1 aliphatic carbocycles. The number of hydrogen-bond acceptors (Lipinski definition) is 1. The van der Waals surface area contributed by atoms with Gasteiger partial charge in [-0.2, -0.15) is 0 Å². The van der Waals surface area contributed by atoms with Gasteiger partial charge in [0.25, 0.3) is 0 Å². The molecule has 11 aromatic carbocycles. The fourth-order valence-electron chi connectivity index (χ4n) is 10.8. The first-order valence-electron chi connectivity index (χ1n) is 23.2. The van der Waals surface area contributed by atoms with Gasteiger partial charge < -0.3 is 9.47 Å². The van der Waals surface area contributed by atoms with Crippen LogP contribution in [0.15, 0.2) is 255 Å². The van der Waals surface area contributed by atoms with Crippen LogP contribution in [0.5, 0.6) is 0 Å². The third-order valence-electron chi connectivity index (χ3n) is 13.8. The maximum Gasteiger partial charge on any atom is 0.0541 e. The molecule has 0 fully saturated rings. The second kappa shape index (κ2) is 16.1. The fraction of sp³-hybridized carbons (Fsp3) is 0.0154. The van der Waals surface area contributed by atoms with Gasteiger partial charge in [-0.3, -0.25) is 0 Å². The Morgan fingerprint density at radius 3 is 1.45 bits per heavy atom. The molecule has 0 amide bonds. The third-order valence-corrected chi connectivity index (χ3v) is 13.8. The molecule has 1 aliphatic rings. The van der Waals surface area contributed by atoms with Crippen molar-refractivity contribution in [2.75, 3.05) is 4.90 Å². The molecule has 1 aromatic heterocycles. The van der Waals surface area contributed by atoms with Crippen LogP contribution in [0.25, 0.3) is 93.9 Å². The Kier molecular flexibility index (Phi) is 9.28. The number of rotatable bonds is 8. The van der Waals surface area contributed by atoms with E-state index in [4.69, 9.17) is 0 Å². The minimum atomic E-state index is 0.930. The van der Waals surface area contributed by atoms with E-state index in [1.54, 1.807) is 0 Å². The molecule has 0 atom stereocenters. The second-order valence-corrected chi connectivity index (χ2v) is 17.6. The van der Waals surface area contributed by atoms with Crippen molar-refractivity contribution in [1.82, 2.24) is 4.57 Å². The van der Waals surface area contributed by atoms with Crippen LogP contribution in [0.1, 0.15) is 11.1 Å². The highest BCUT2D eigenvalue weighted by atomic mass is 15.1. The maximum absolute atomic E-state index is 2.45. The van der Waals surface area contributed by atoms with Gasteiger partial charge in [-0.05, 0) is 133 Å². The second-order valence-electron chi connectivity index (χ2n) is 17.6. The minimum absolute atomic E-state index is 0.930. The van der Waals surface area contributed by atoms with Crippen LogP contribution in [-0.4, -0.2) is 4.57 Å². The van der Waals surface area contributed by atoms with E-state index in [1.807, 2.05) is 0 Å². The predicted octanol–water partition coefficient (Wildman–Crippen LogP) is 17.6. The average molecular weight is 853 g/mol. The van der Waals surface area contributed by atoms with Crippen LogP contribution in [-0.2, 0) is 6.42 Å². The van der Waals surface area contributed by atoms with E-state index >= 15 is 0 Å². The molecule has 0 aliphatic heterocycles. The minimum Gasteiger partial charge on any atom is -0.310 e. The molecule has 2 nitrogen and oxygen atoms in total. The Balaban J connectivity index is 0.979. The predicted molar refractivity (Wildman–Crippen MR) is 283 cm³/mol. The summed E-state index contributed by atoms with van der Waals surface area (Å²) in [4.78, 5) is 2.40. The van der Waals surface area contributed by atoms with Crippen LogP contribution in [0.4, 0.5) is 17.1 Å². The van der Waals surface area contributed by atoms with Crippen molar-refractivity contribution in [1.29, 1.82) is 0 Å². The van der Waals surface area contributed by atoms with Crippen molar-refractivity contribution in [3.8, 4) is 61.3 Å². The SMILES string of the molecule is c1ccc(-c2ccc(-c3ccc(N(c4ccccc4)c4ccc(-c5ccccc5-n5c6ccccc6c6ccccc65)c(-c5ccc6c(c5)Cc5ccccc5-6)c4)cc3)c3ccccc23)cc1. The van der Waals surface area contributed by atoms with Gasteiger partial charge in [0.1, 0.15) is 0 Å². The van der Waals surface area contributed by atoms with E-state index in [0.29, 0.717) is 0 Å². The van der Waals surface area contributed by atoms with E-state index in [-0.39, 0.29) is 0 Å². The smallest absolute Gasteiger partial charge is 0.0541 e. The van der Waals surface area contributed by atoms with Gasteiger partial charge in [0.15, 0.2) is 0 Å². The lowest BCUT2D eigenvalue weighted by molar-refractivity contribution is 1.18. The largest absolute Gasteiger partial charge is 0.310 e. The van der Waals surface area contributed by atoms with Gasteiger partial charge in [-0.15, -0.1) is 0 Å². The highest BCUT2D eigenvalue weighted by molar-refractivity contribution is 6.10. The van der Waals surface area contributed by atoms with Crippen LogP contribution in [0.2, 0.25) is 0 Å². The first-order valence-corrected chi connectivity index (χ1v) is 23.2. The Labute approximate surface area is 390 Å². The first kappa shape index (κ1) is 38.7. The Morgan fingerprint density at radius 1 is 0.269 bits per heavy atom. The van der Waals surface area contributed by atoms with E-state index in [0.717, 1.165) is 29.2 Å². The molecule has 0 unspecified atom stereocenters. The maximum atomic E-state index is 2.45. The normalized spacial score (nSPS) is 11.8. The molecular formula is C65H44N2. The highest BCUT2D eigenvalue weighted by Crippen LogP contribution is 2.46. The van der Waals surface area contributed by atoms with Crippen molar-refractivity contribution in [2.24, 2.45) is 0 Å². The first-order chi connectivity index (χ1) is 33.2. The molecule has 0 saturated heterocycles. The van der Waals surface area contributed by atoms with Gasteiger partial charge in [0, 0.05) is 33.4 Å². The molecule has 67 heavy (non-hydrogen) atoms. The lowest BCUT2D eigenvalue weighted by Crippen LogP contribution is -2.10. The number of anilines is 3. The van der Waals surface area contributed by atoms with E-state index in [2.05, 4.69) is 264 Å². The summed E-state index contributed by atoms with van der Waals surface area (Å²) in [5, 5.41) is 5.01. The summed E-state index contributed by atoms with van der Waals surface area (Å²) in [6.07, 6.45) is 0.930. The topological polar surface area (TPSA) is 8.17 Å². The zero-order valence-electron chi connectivity index (χ0n) is 36.9. The Bertz CT molecular complexity index is 3770. The van der Waals surface area contributed by atoms with Crippen LogP contribution < -0.4 is 4.90 Å². The molecule has 0 radical (unpaired) electrons. The van der Waals surface area contributed by atoms with Crippen LogP contribution in [0, 0.1) is 0 Å². The summed E-state index contributed by atoms with van der Waals surface area (Å²) in [6, 6.07) is 93.5. The Hall–Kier alpha value is -8.72. The number of hydrogen-bond donors (Lipinski definition) is 0. The Morgan fingerprint density at radius 2 is 0.746 bits per heavy atom. The molecule has 0 spiro atoms. The molecule has 0 saturated carbocycles. The van der Waals surface area contributed by atoms with Crippen molar-refractivity contribution in [2.45, 2.75) is 6.42 Å². The van der Waals surface area contributed by atoms with Gasteiger partial charge in [0.05, 0.1) is 16.7 Å². The van der Waals surface area contributed by atoms with Gasteiger partial charge in [-0.25, -0.2) is 0 Å². The zero-order chi connectivity index (χ0) is 44.3. The standard InChI is InChI=1S/C65H44N2/c1-3-17-44(18-4-1)53-39-40-54(57-24-10-9-23-56(53)57)45-31-34-50(35-32-45)66(49-20-5-2-6-21-49)51-36-38-58(62(43-51)47-33-37-55-48(42-47)41-46-19-7-8-22-52(46)55)59-25-11-14-28-63(59)67-64-29-15-12-26-60(64)61-27-13-16-30-65(61)67/h1-40,42-43H,41H2. The molecule has 2 heteroatoms. The van der Waals surface area contributed by atoms with Gasteiger partial charge in [0.2, 0.25) is 0 Å². The highest BCUT2D eigenvalue weighted by Gasteiger charge is 2.23. The molecule has 12 aromatic rings. The van der Waals surface area contributed by atoms with Crippen molar-refractivity contribution >= 4 is 49.6 Å². The van der Waals surface area contributed by atoms with Crippen LogP contribution >= 0.6 is 0 Å². The van der Waals surface area contributed by atoms with Crippen molar-refractivity contribution < 1.29 is 0 Å². The number of fused-ring (bicyclic) bond motifs is 7. The van der Waals surface area contributed by atoms with Crippen molar-refractivity contribution in [3.63, 3.8) is 0 Å². The average Bonchev–Trinajstić information content (AvgIpc) is 3.95. The summed E-state index contributed by atoms with van der Waals surface area (Å²) >= 11 is 0. The van der Waals surface area contributed by atoms with E-state index in [1.165, 1.54) is 99.3 Å². The number of benzene rings is 11. The summed E-state index contributed by atoms with van der Waals surface area (Å²) in [6.45, 7) is 0.